The van der Waals surface area contributed by atoms with Gasteiger partial charge in [-0.3, -0.25) is 0 Å². The Morgan fingerprint density at radius 3 is 2.00 bits per heavy atom. The number of nitrogens with zero attached hydrogens (tertiary/aromatic N) is 1. The fourth-order valence-corrected chi connectivity index (χ4v) is 3.21. The van der Waals surface area contributed by atoms with E-state index in [2.05, 4.69) is 66.5 Å². The van der Waals surface area contributed by atoms with Crippen LogP contribution in [0.1, 0.15) is 43.6 Å². The highest BCUT2D eigenvalue weighted by Crippen LogP contribution is 2.33. The van der Waals surface area contributed by atoms with Gasteiger partial charge in [-0.1, -0.05) is 49.6 Å². The first-order valence-corrected chi connectivity index (χ1v) is 7.73. The molecule has 0 spiro atoms. The van der Waals surface area contributed by atoms with Crippen LogP contribution in [0.3, 0.4) is 0 Å². The SMILES string of the molecule is CN(c1ccccc1)c1ccc(C2CCCCC2)cc1. The van der Waals surface area contributed by atoms with Crippen molar-refractivity contribution in [3.63, 3.8) is 0 Å². The summed E-state index contributed by atoms with van der Waals surface area (Å²) in [6, 6.07) is 19.7. The highest BCUT2D eigenvalue weighted by Gasteiger charge is 2.15. The summed E-state index contributed by atoms with van der Waals surface area (Å²) < 4.78 is 0. The fourth-order valence-electron chi connectivity index (χ4n) is 3.21. The minimum atomic E-state index is 0.792. The Morgan fingerprint density at radius 1 is 0.750 bits per heavy atom. The molecule has 0 atom stereocenters. The van der Waals surface area contributed by atoms with E-state index in [0.29, 0.717) is 0 Å². The van der Waals surface area contributed by atoms with Crippen molar-refractivity contribution < 1.29 is 0 Å². The van der Waals surface area contributed by atoms with Crippen LogP contribution in [0.25, 0.3) is 0 Å². The molecule has 104 valence electrons. The van der Waals surface area contributed by atoms with Crippen molar-refractivity contribution in [3.8, 4) is 0 Å². The Balaban J connectivity index is 1.75. The summed E-state index contributed by atoms with van der Waals surface area (Å²) in [6.45, 7) is 0. The Labute approximate surface area is 122 Å². The summed E-state index contributed by atoms with van der Waals surface area (Å²) in [7, 11) is 2.13. The van der Waals surface area contributed by atoms with Gasteiger partial charge < -0.3 is 4.90 Å². The third-order valence-electron chi connectivity index (χ3n) is 4.50. The zero-order valence-corrected chi connectivity index (χ0v) is 12.3. The van der Waals surface area contributed by atoms with Crippen LogP contribution in [0.15, 0.2) is 54.6 Å². The molecule has 3 rings (SSSR count). The van der Waals surface area contributed by atoms with E-state index in [1.54, 1.807) is 0 Å². The largest absolute Gasteiger partial charge is 0.345 e. The summed E-state index contributed by atoms with van der Waals surface area (Å²) in [6.07, 6.45) is 6.96. The van der Waals surface area contributed by atoms with Gasteiger partial charge in [0.1, 0.15) is 0 Å². The predicted molar refractivity (Wildman–Crippen MR) is 86.8 cm³/mol. The summed E-state index contributed by atoms with van der Waals surface area (Å²) in [5, 5.41) is 0. The third-order valence-corrected chi connectivity index (χ3v) is 4.50. The number of rotatable bonds is 3. The molecule has 0 unspecified atom stereocenters. The molecule has 2 aromatic rings. The van der Waals surface area contributed by atoms with E-state index in [4.69, 9.17) is 0 Å². The van der Waals surface area contributed by atoms with Crippen LogP contribution < -0.4 is 4.90 Å². The number of hydrogen-bond donors (Lipinski definition) is 0. The van der Waals surface area contributed by atoms with Crippen LogP contribution >= 0.6 is 0 Å². The second kappa shape index (κ2) is 6.13. The molecule has 20 heavy (non-hydrogen) atoms. The lowest BCUT2D eigenvalue weighted by Crippen LogP contribution is -2.09. The standard InChI is InChI=1S/C19H23N/c1-20(18-10-6-3-7-11-18)19-14-12-17(13-15-19)16-8-4-2-5-9-16/h3,6-7,10-16H,2,4-5,8-9H2,1H3. The van der Waals surface area contributed by atoms with Crippen LogP contribution in [-0.4, -0.2) is 7.05 Å². The molecule has 0 bridgehead atoms. The number of hydrogen-bond acceptors (Lipinski definition) is 1. The summed E-state index contributed by atoms with van der Waals surface area (Å²) in [4.78, 5) is 2.24. The molecule has 0 amide bonds. The maximum absolute atomic E-state index is 2.32. The summed E-state index contributed by atoms with van der Waals surface area (Å²) in [5.74, 6) is 0.792. The lowest BCUT2D eigenvalue weighted by molar-refractivity contribution is 0.443. The van der Waals surface area contributed by atoms with Crippen LogP contribution in [-0.2, 0) is 0 Å². The molecular weight excluding hydrogens is 242 g/mol. The van der Waals surface area contributed by atoms with Crippen LogP contribution in [0.5, 0.6) is 0 Å². The quantitative estimate of drug-likeness (QED) is 0.708. The van der Waals surface area contributed by atoms with E-state index in [0.717, 1.165) is 5.92 Å². The first kappa shape index (κ1) is 13.2. The van der Waals surface area contributed by atoms with Crippen LogP contribution in [0, 0.1) is 0 Å². The Kier molecular flexibility index (Phi) is 4.05. The number of benzene rings is 2. The highest BCUT2D eigenvalue weighted by molar-refractivity contribution is 5.62. The zero-order chi connectivity index (χ0) is 13.8. The van der Waals surface area contributed by atoms with Crippen LogP contribution in [0.4, 0.5) is 11.4 Å². The summed E-state index contributed by atoms with van der Waals surface area (Å²) in [5.41, 5.74) is 4.02. The minimum absolute atomic E-state index is 0.792. The molecule has 1 heteroatoms. The monoisotopic (exact) mass is 265 g/mol. The lowest BCUT2D eigenvalue weighted by atomic mass is 9.84. The highest BCUT2D eigenvalue weighted by atomic mass is 15.1. The van der Waals surface area contributed by atoms with E-state index in [1.807, 2.05) is 0 Å². The van der Waals surface area contributed by atoms with Gasteiger partial charge in [0.05, 0.1) is 0 Å². The van der Waals surface area contributed by atoms with E-state index in [-0.39, 0.29) is 0 Å². The second-order valence-electron chi connectivity index (χ2n) is 5.82. The van der Waals surface area contributed by atoms with E-state index in [1.165, 1.54) is 49.0 Å². The molecule has 2 aromatic carbocycles. The lowest BCUT2D eigenvalue weighted by Gasteiger charge is -2.24. The molecule has 0 saturated heterocycles. The van der Waals surface area contributed by atoms with Gasteiger partial charge >= 0.3 is 0 Å². The average Bonchev–Trinajstić information content (AvgIpc) is 2.56. The van der Waals surface area contributed by atoms with Gasteiger partial charge in [0.25, 0.3) is 0 Å². The third kappa shape index (κ3) is 2.87. The van der Waals surface area contributed by atoms with E-state index in [9.17, 15) is 0 Å². The van der Waals surface area contributed by atoms with Crippen molar-refractivity contribution in [2.24, 2.45) is 0 Å². The molecule has 1 saturated carbocycles. The molecule has 0 aromatic heterocycles. The summed E-state index contributed by atoms with van der Waals surface area (Å²) >= 11 is 0. The Bertz CT molecular complexity index is 523. The maximum atomic E-state index is 2.32. The molecule has 1 aliphatic rings. The normalized spacial score (nSPS) is 16.1. The predicted octanol–water partition coefficient (Wildman–Crippen LogP) is 5.50. The van der Waals surface area contributed by atoms with Gasteiger partial charge in [-0.25, -0.2) is 0 Å². The average molecular weight is 265 g/mol. The van der Waals surface area contributed by atoms with Gasteiger partial charge in [-0.2, -0.15) is 0 Å². The molecule has 1 nitrogen and oxygen atoms in total. The van der Waals surface area contributed by atoms with Gasteiger partial charge in [0.2, 0.25) is 0 Å². The van der Waals surface area contributed by atoms with Crippen molar-refractivity contribution in [2.75, 3.05) is 11.9 Å². The molecule has 0 radical (unpaired) electrons. The van der Waals surface area contributed by atoms with Gasteiger partial charge in [-0.15, -0.1) is 0 Å². The van der Waals surface area contributed by atoms with Gasteiger partial charge in [0, 0.05) is 18.4 Å². The van der Waals surface area contributed by atoms with Gasteiger partial charge in [-0.05, 0) is 48.6 Å². The van der Waals surface area contributed by atoms with Crippen LogP contribution in [0.2, 0.25) is 0 Å². The Morgan fingerprint density at radius 2 is 1.35 bits per heavy atom. The fraction of sp³-hybridized carbons (Fsp3) is 0.368. The first-order chi connectivity index (χ1) is 9.84. The molecule has 0 N–H and O–H groups in total. The molecular formula is C19H23N. The smallest absolute Gasteiger partial charge is 0.0408 e. The van der Waals surface area contributed by atoms with Crippen molar-refractivity contribution >= 4 is 11.4 Å². The minimum Gasteiger partial charge on any atom is -0.345 e. The van der Waals surface area contributed by atoms with Crippen molar-refractivity contribution in [1.29, 1.82) is 0 Å². The number of para-hydroxylation sites is 1. The second-order valence-corrected chi connectivity index (χ2v) is 5.82. The zero-order valence-electron chi connectivity index (χ0n) is 12.3. The Hall–Kier alpha value is -1.76. The van der Waals surface area contributed by atoms with E-state index < -0.39 is 0 Å². The molecule has 1 aliphatic carbocycles. The van der Waals surface area contributed by atoms with Gasteiger partial charge in [0.15, 0.2) is 0 Å². The molecule has 0 aliphatic heterocycles. The molecule has 0 heterocycles. The number of anilines is 2. The van der Waals surface area contributed by atoms with E-state index >= 15 is 0 Å². The first-order valence-electron chi connectivity index (χ1n) is 7.73. The molecule has 1 fully saturated rings. The van der Waals surface area contributed by atoms with Crippen molar-refractivity contribution in [1.82, 2.24) is 0 Å². The van der Waals surface area contributed by atoms with Crippen molar-refractivity contribution in [2.45, 2.75) is 38.0 Å². The van der Waals surface area contributed by atoms with Crippen molar-refractivity contribution in [3.05, 3.63) is 60.2 Å². The maximum Gasteiger partial charge on any atom is 0.0408 e. The topological polar surface area (TPSA) is 3.24 Å².